The minimum Gasteiger partial charge on any atom is -0.463 e. The highest BCUT2D eigenvalue weighted by Gasteiger charge is 2.15. The van der Waals surface area contributed by atoms with Gasteiger partial charge in [0.15, 0.2) is 0 Å². The number of halogens is 2. The van der Waals surface area contributed by atoms with Crippen molar-refractivity contribution in [1.29, 1.82) is 0 Å². The van der Waals surface area contributed by atoms with Gasteiger partial charge in [-0.3, -0.25) is 0 Å². The van der Waals surface area contributed by atoms with Crippen LogP contribution in [0.25, 0.3) is 0 Å². The molecule has 0 fully saturated rings. The maximum absolute atomic E-state index is 13.1. The van der Waals surface area contributed by atoms with Gasteiger partial charge in [0.2, 0.25) is 5.76 Å². The lowest BCUT2D eigenvalue weighted by atomic mass is 10.2. The molecule has 0 aliphatic rings. The van der Waals surface area contributed by atoms with E-state index >= 15 is 0 Å². The lowest BCUT2D eigenvalue weighted by molar-refractivity contribution is 0.0562. The Morgan fingerprint density at radius 3 is 2.80 bits per heavy atom. The number of nitrogens with one attached hydrogen (secondary N) is 1. The van der Waals surface area contributed by atoms with Crippen LogP contribution in [0.15, 0.2) is 39.2 Å². The molecule has 0 aliphatic carbocycles. The number of carbonyl (C=O) groups excluding carboxylic acids is 1. The third-order valence-corrected chi connectivity index (χ3v) is 3.35. The number of rotatable bonds is 4. The number of carbonyl (C=O) groups is 1. The Morgan fingerprint density at radius 2 is 2.15 bits per heavy atom. The normalized spacial score (nSPS) is 12.0. The topological polar surface area (TPSA) is 51.5 Å². The summed E-state index contributed by atoms with van der Waals surface area (Å²) in [6.45, 7) is 1.87. The maximum Gasteiger partial charge on any atom is 0.373 e. The summed E-state index contributed by atoms with van der Waals surface area (Å²) in [6, 6.07) is 7.70. The number of esters is 1. The summed E-state index contributed by atoms with van der Waals surface area (Å²) in [7, 11) is 1.29. The fourth-order valence-electron chi connectivity index (χ4n) is 1.70. The smallest absolute Gasteiger partial charge is 0.373 e. The van der Waals surface area contributed by atoms with Crippen LogP contribution in [0.1, 0.15) is 29.3 Å². The first-order valence-corrected chi connectivity index (χ1v) is 6.70. The van der Waals surface area contributed by atoms with Crippen molar-refractivity contribution in [2.75, 3.05) is 12.4 Å². The Balaban J connectivity index is 2.11. The van der Waals surface area contributed by atoms with Crippen molar-refractivity contribution in [3.63, 3.8) is 0 Å². The molecular formula is C14H13BrFNO3. The first-order valence-electron chi connectivity index (χ1n) is 5.91. The molecule has 6 heteroatoms. The third-order valence-electron chi connectivity index (χ3n) is 2.74. The minimum absolute atomic E-state index is 0.149. The molecule has 0 spiro atoms. The molecule has 0 radical (unpaired) electrons. The summed E-state index contributed by atoms with van der Waals surface area (Å²) >= 11 is 3.13. The molecular weight excluding hydrogens is 329 g/mol. The van der Waals surface area contributed by atoms with Gasteiger partial charge in [0.25, 0.3) is 0 Å². The van der Waals surface area contributed by atoms with Crippen LogP contribution in [0.5, 0.6) is 0 Å². The molecule has 20 heavy (non-hydrogen) atoms. The van der Waals surface area contributed by atoms with Crippen LogP contribution in [0.4, 0.5) is 10.1 Å². The van der Waals surface area contributed by atoms with Crippen LogP contribution in [0.3, 0.4) is 0 Å². The second-order valence-electron chi connectivity index (χ2n) is 4.19. The molecule has 1 atom stereocenters. The summed E-state index contributed by atoms with van der Waals surface area (Å²) in [4.78, 5) is 11.3. The van der Waals surface area contributed by atoms with Gasteiger partial charge < -0.3 is 14.5 Å². The summed E-state index contributed by atoms with van der Waals surface area (Å²) in [5.41, 5.74) is 0.738. The Labute approximate surface area is 124 Å². The highest BCUT2D eigenvalue weighted by Crippen LogP contribution is 2.25. The van der Waals surface area contributed by atoms with E-state index < -0.39 is 5.97 Å². The Morgan fingerprint density at radius 1 is 1.40 bits per heavy atom. The molecule has 1 unspecified atom stereocenters. The van der Waals surface area contributed by atoms with Gasteiger partial charge in [-0.15, -0.1) is 0 Å². The lowest BCUT2D eigenvalue weighted by Gasteiger charge is -2.13. The Hall–Kier alpha value is -1.82. The van der Waals surface area contributed by atoms with Gasteiger partial charge in [0.1, 0.15) is 11.6 Å². The van der Waals surface area contributed by atoms with Gasteiger partial charge in [-0.2, -0.15) is 0 Å². The minimum atomic E-state index is -0.520. The van der Waals surface area contributed by atoms with Crippen molar-refractivity contribution in [2.24, 2.45) is 0 Å². The van der Waals surface area contributed by atoms with Crippen molar-refractivity contribution in [2.45, 2.75) is 13.0 Å². The summed E-state index contributed by atoms with van der Waals surface area (Å²) in [5.74, 6) is -0.107. The standard InChI is InChI=1S/C14H13BrFNO3/c1-8(12-5-6-13(20-12)14(18)19-2)17-9-3-4-11(16)10(15)7-9/h3-8,17H,1-2H3. The van der Waals surface area contributed by atoms with Gasteiger partial charge in [-0.1, -0.05) is 0 Å². The number of ether oxygens (including phenoxy) is 1. The molecule has 1 aromatic heterocycles. The molecule has 0 amide bonds. The molecule has 1 heterocycles. The van der Waals surface area contributed by atoms with Crippen molar-refractivity contribution >= 4 is 27.6 Å². The zero-order chi connectivity index (χ0) is 14.7. The van der Waals surface area contributed by atoms with Crippen molar-refractivity contribution in [1.82, 2.24) is 0 Å². The molecule has 0 aliphatic heterocycles. The highest BCUT2D eigenvalue weighted by atomic mass is 79.9. The van der Waals surface area contributed by atoms with Crippen LogP contribution < -0.4 is 5.32 Å². The Kier molecular flexibility index (Phi) is 4.44. The van der Waals surface area contributed by atoms with Crippen LogP contribution >= 0.6 is 15.9 Å². The number of anilines is 1. The van der Waals surface area contributed by atoms with Crippen LogP contribution in [-0.4, -0.2) is 13.1 Å². The molecule has 1 N–H and O–H groups in total. The van der Waals surface area contributed by atoms with Gasteiger partial charge in [0.05, 0.1) is 17.6 Å². The number of hydrogen-bond donors (Lipinski definition) is 1. The van der Waals surface area contributed by atoms with Gasteiger partial charge >= 0.3 is 5.97 Å². The summed E-state index contributed by atoms with van der Waals surface area (Å²) in [6.07, 6.45) is 0. The molecule has 106 valence electrons. The van der Waals surface area contributed by atoms with E-state index in [4.69, 9.17) is 4.42 Å². The largest absolute Gasteiger partial charge is 0.463 e. The fraction of sp³-hybridized carbons (Fsp3) is 0.214. The van der Waals surface area contributed by atoms with Gasteiger partial charge in [-0.05, 0) is 53.2 Å². The van der Waals surface area contributed by atoms with E-state index in [2.05, 4.69) is 26.0 Å². The van der Waals surface area contributed by atoms with Gasteiger partial charge in [0, 0.05) is 5.69 Å². The zero-order valence-corrected chi connectivity index (χ0v) is 12.5. The molecule has 4 nitrogen and oxygen atoms in total. The molecule has 0 saturated carbocycles. The summed E-state index contributed by atoms with van der Waals surface area (Å²) < 4.78 is 23.5. The maximum atomic E-state index is 13.1. The molecule has 2 rings (SSSR count). The van der Waals surface area contributed by atoms with Gasteiger partial charge in [-0.25, -0.2) is 9.18 Å². The van der Waals surface area contributed by atoms with Crippen LogP contribution in [0, 0.1) is 5.82 Å². The zero-order valence-electron chi connectivity index (χ0n) is 10.9. The van der Waals surface area contributed by atoms with Crippen LogP contribution in [-0.2, 0) is 4.74 Å². The number of benzene rings is 1. The lowest BCUT2D eigenvalue weighted by Crippen LogP contribution is -2.06. The molecule has 1 aromatic carbocycles. The average Bonchev–Trinajstić information content (AvgIpc) is 2.92. The monoisotopic (exact) mass is 341 g/mol. The van der Waals surface area contributed by atoms with E-state index in [1.54, 1.807) is 24.3 Å². The van der Waals surface area contributed by atoms with Crippen molar-refractivity contribution in [3.05, 3.63) is 52.1 Å². The quantitative estimate of drug-likeness (QED) is 0.849. The van der Waals surface area contributed by atoms with E-state index in [-0.39, 0.29) is 17.6 Å². The fourth-order valence-corrected chi connectivity index (χ4v) is 2.08. The number of hydrogen-bond acceptors (Lipinski definition) is 4. The predicted molar refractivity (Wildman–Crippen MR) is 76.2 cm³/mol. The van der Waals surface area contributed by atoms with Crippen molar-refractivity contribution in [3.8, 4) is 0 Å². The second-order valence-corrected chi connectivity index (χ2v) is 5.04. The predicted octanol–water partition coefficient (Wildman–Crippen LogP) is 4.14. The molecule has 0 bridgehead atoms. The van der Waals surface area contributed by atoms with Crippen LogP contribution in [0.2, 0.25) is 0 Å². The van der Waals surface area contributed by atoms with E-state index in [0.29, 0.717) is 10.2 Å². The van der Waals surface area contributed by atoms with E-state index in [9.17, 15) is 9.18 Å². The second kappa shape index (κ2) is 6.09. The summed E-state index contributed by atoms with van der Waals surface area (Å²) in [5, 5.41) is 3.15. The average molecular weight is 342 g/mol. The van der Waals surface area contributed by atoms with E-state index in [1.807, 2.05) is 6.92 Å². The molecule has 0 saturated heterocycles. The number of furan rings is 1. The first kappa shape index (κ1) is 14.6. The Bertz CT molecular complexity index is 627. The SMILES string of the molecule is COC(=O)c1ccc(C(C)Nc2ccc(F)c(Br)c2)o1. The van der Waals surface area contributed by atoms with Crippen molar-refractivity contribution < 1.29 is 18.3 Å². The molecule has 2 aromatic rings. The third kappa shape index (κ3) is 3.19. The first-order chi connectivity index (χ1) is 9.51. The van der Waals surface area contributed by atoms with E-state index in [1.165, 1.54) is 13.2 Å². The highest BCUT2D eigenvalue weighted by molar-refractivity contribution is 9.10. The van der Waals surface area contributed by atoms with E-state index in [0.717, 1.165) is 5.69 Å². The number of methoxy groups -OCH3 is 1.